The second-order valence-electron chi connectivity index (χ2n) is 9.79. The number of pyridine rings is 1. The first-order valence-corrected chi connectivity index (χ1v) is 13.3. The number of amides is 1. The molecule has 1 aliphatic heterocycles. The average molecular weight is 493 g/mol. The zero-order valence-corrected chi connectivity index (χ0v) is 21.4. The van der Waals surface area contributed by atoms with Crippen molar-refractivity contribution in [2.45, 2.75) is 55.8 Å². The van der Waals surface area contributed by atoms with Gasteiger partial charge < -0.3 is 14.7 Å². The standard InChI is InChI=1S/C28H32N2O4S/c1-20(21-10-12-22(13-11-21)25-15-14-24(18-29-25)35(4)33)30-17-16-28(34-26(30)31,19-27(2,3)32)23-8-6-5-7-9-23/h5-15,18,20,32H,16-17,19H2,1-4H3/t20-,28-,35?/m0/s1. The van der Waals surface area contributed by atoms with Crippen LogP contribution in [-0.2, 0) is 21.1 Å². The van der Waals surface area contributed by atoms with Crippen molar-refractivity contribution in [1.82, 2.24) is 9.88 Å². The van der Waals surface area contributed by atoms with E-state index in [-0.39, 0.29) is 12.1 Å². The van der Waals surface area contributed by atoms with Crippen molar-refractivity contribution in [2.75, 3.05) is 12.8 Å². The van der Waals surface area contributed by atoms with Crippen molar-refractivity contribution in [2.24, 2.45) is 0 Å². The van der Waals surface area contributed by atoms with Crippen LogP contribution in [0.5, 0.6) is 0 Å². The first-order chi connectivity index (χ1) is 16.6. The number of carbonyl (C=O) groups excluding carboxylic acids is 1. The lowest BCUT2D eigenvalue weighted by Gasteiger charge is -2.45. The minimum atomic E-state index is -1.06. The molecule has 3 atom stereocenters. The van der Waals surface area contributed by atoms with E-state index in [2.05, 4.69) is 4.98 Å². The quantitative estimate of drug-likeness (QED) is 0.475. The van der Waals surface area contributed by atoms with E-state index in [4.69, 9.17) is 4.74 Å². The Morgan fingerprint density at radius 1 is 1.11 bits per heavy atom. The molecule has 0 spiro atoms. The van der Waals surface area contributed by atoms with Gasteiger partial charge in [0.2, 0.25) is 0 Å². The Morgan fingerprint density at radius 2 is 1.80 bits per heavy atom. The van der Waals surface area contributed by atoms with Crippen LogP contribution >= 0.6 is 0 Å². The lowest BCUT2D eigenvalue weighted by Crippen LogP contribution is -2.51. The van der Waals surface area contributed by atoms with Gasteiger partial charge in [-0.2, -0.15) is 0 Å². The molecule has 6 nitrogen and oxygen atoms in total. The van der Waals surface area contributed by atoms with E-state index in [1.165, 1.54) is 0 Å². The molecule has 184 valence electrons. The van der Waals surface area contributed by atoms with Crippen LogP contribution in [-0.4, -0.2) is 43.7 Å². The lowest BCUT2D eigenvalue weighted by molar-refractivity contribution is -0.101. The third-order valence-electron chi connectivity index (χ3n) is 6.52. The Morgan fingerprint density at radius 3 is 2.34 bits per heavy atom. The number of cyclic esters (lactones) is 1. The number of aromatic nitrogens is 1. The fourth-order valence-electron chi connectivity index (χ4n) is 4.72. The molecule has 1 unspecified atom stereocenters. The monoisotopic (exact) mass is 492 g/mol. The van der Waals surface area contributed by atoms with E-state index in [9.17, 15) is 14.1 Å². The van der Waals surface area contributed by atoms with Crippen LogP contribution in [0.1, 0.15) is 50.8 Å². The highest BCUT2D eigenvalue weighted by atomic mass is 32.2. The molecule has 0 radical (unpaired) electrons. The Kier molecular flexibility index (Phi) is 7.10. The number of carbonyl (C=O) groups is 1. The van der Waals surface area contributed by atoms with Gasteiger partial charge in [-0.1, -0.05) is 54.6 Å². The highest BCUT2D eigenvalue weighted by Gasteiger charge is 2.46. The summed E-state index contributed by atoms with van der Waals surface area (Å²) in [5.74, 6) is 0. The van der Waals surface area contributed by atoms with Gasteiger partial charge >= 0.3 is 6.09 Å². The van der Waals surface area contributed by atoms with Crippen LogP contribution < -0.4 is 0 Å². The summed E-state index contributed by atoms with van der Waals surface area (Å²) < 4.78 is 17.7. The fourth-order valence-corrected chi connectivity index (χ4v) is 5.19. The second kappa shape index (κ2) is 9.91. The number of nitrogens with zero attached hydrogens (tertiary/aromatic N) is 2. The molecule has 3 aromatic rings. The zero-order chi connectivity index (χ0) is 25.2. The molecule has 4 rings (SSSR count). The molecule has 1 N–H and O–H groups in total. The number of hydrogen-bond donors (Lipinski definition) is 1. The van der Waals surface area contributed by atoms with Gasteiger partial charge in [-0.05, 0) is 44.0 Å². The summed E-state index contributed by atoms with van der Waals surface area (Å²) in [5.41, 5.74) is 1.79. The van der Waals surface area contributed by atoms with Crippen molar-refractivity contribution >= 4 is 16.9 Å². The largest absolute Gasteiger partial charge is 0.438 e. The van der Waals surface area contributed by atoms with Crippen molar-refractivity contribution in [3.63, 3.8) is 0 Å². The van der Waals surface area contributed by atoms with E-state index in [1.807, 2.05) is 73.7 Å². The molecule has 2 heterocycles. The summed E-state index contributed by atoms with van der Waals surface area (Å²) in [6.45, 7) is 5.99. The van der Waals surface area contributed by atoms with E-state index in [0.29, 0.717) is 24.3 Å². The van der Waals surface area contributed by atoms with Crippen LogP contribution in [0.4, 0.5) is 4.79 Å². The Hall–Kier alpha value is -3.03. The summed E-state index contributed by atoms with van der Waals surface area (Å²) >= 11 is 0. The summed E-state index contributed by atoms with van der Waals surface area (Å²) in [5, 5.41) is 10.6. The number of hydrogen-bond acceptors (Lipinski definition) is 5. The van der Waals surface area contributed by atoms with Crippen LogP contribution in [0.15, 0.2) is 77.8 Å². The molecule has 1 amide bonds. The predicted molar refractivity (Wildman–Crippen MR) is 137 cm³/mol. The van der Waals surface area contributed by atoms with Gasteiger partial charge in [-0.25, -0.2) is 4.79 Å². The highest BCUT2D eigenvalue weighted by Crippen LogP contribution is 2.42. The smallest absolute Gasteiger partial charge is 0.411 e. The van der Waals surface area contributed by atoms with Gasteiger partial charge in [0.1, 0.15) is 5.60 Å². The minimum absolute atomic E-state index is 0.176. The second-order valence-corrected chi connectivity index (χ2v) is 11.2. The zero-order valence-electron chi connectivity index (χ0n) is 20.6. The van der Waals surface area contributed by atoms with Crippen molar-refractivity contribution in [1.29, 1.82) is 0 Å². The topological polar surface area (TPSA) is 79.7 Å². The Labute approximate surface area is 209 Å². The molecule has 7 heteroatoms. The van der Waals surface area contributed by atoms with E-state index < -0.39 is 22.0 Å². The molecular formula is C28H32N2O4S. The van der Waals surface area contributed by atoms with E-state index in [1.54, 1.807) is 31.2 Å². The Bertz CT molecular complexity index is 1190. The fraction of sp³-hybridized carbons (Fsp3) is 0.357. The van der Waals surface area contributed by atoms with Crippen LogP contribution in [0.2, 0.25) is 0 Å². The molecule has 1 aromatic heterocycles. The van der Waals surface area contributed by atoms with Gasteiger partial charge in [0.05, 0.1) is 33.0 Å². The van der Waals surface area contributed by atoms with Crippen LogP contribution in [0.25, 0.3) is 11.3 Å². The lowest BCUT2D eigenvalue weighted by atomic mass is 9.80. The van der Waals surface area contributed by atoms with E-state index in [0.717, 1.165) is 22.4 Å². The first-order valence-electron chi connectivity index (χ1n) is 11.8. The maximum absolute atomic E-state index is 13.2. The van der Waals surface area contributed by atoms with Gasteiger partial charge in [-0.3, -0.25) is 9.19 Å². The van der Waals surface area contributed by atoms with Crippen molar-refractivity contribution in [3.8, 4) is 11.3 Å². The first kappa shape index (κ1) is 25.1. The maximum atomic E-state index is 13.2. The maximum Gasteiger partial charge on any atom is 0.411 e. The molecule has 2 aromatic carbocycles. The summed E-state index contributed by atoms with van der Waals surface area (Å²) in [6, 6.07) is 21.2. The molecule has 35 heavy (non-hydrogen) atoms. The predicted octanol–water partition coefficient (Wildman–Crippen LogP) is 5.45. The van der Waals surface area contributed by atoms with Gasteiger partial charge in [0, 0.05) is 37.4 Å². The van der Waals surface area contributed by atoms with Crippen LogP contribution in [0.3, 0.4) is 0 Å². The highest BCUT2D eigenvalue weighted by molar-refractivity contribution is 7.84. The van der Waals surface area contributed by atoms with Crippen molar-refractivity contribution in [3.05, 3.63) is 84.1 Å². The normalized spacial score (nSPS) is 20.3. The minimum Gasteiger partial charge on any atom is -0.438 e. The van der Waals surface area contributed by atoms with Gasteiger partial charge in [0.15, 0.2) is 0 Å². The third kappa shape index (κ3) is 5.63. The number of aliphatic hydroxyl groups is 1. The summed E-state index contributed by atoms with van der Waals surface area (Å²) in [4.78, 5) is 20.1. The summed E-state index contributed by atoms with van der Waals surface area (Å²) in [6.07, 6.45) is 3.80. The molecule has 1 fully saturated rings. The Balaban J connectivity index is 1.51. The van der Waals surface area contributed by atoms with Crippen LogP contribution in [0, 0.1) is 0 Å². The number of rotatable bonds is 7. The molecule has 1 saturated heterocycles. The third-order valence-corrected chi connectivity index (χ3v) is 7.42. The molecule has 0 saturated carbocycles. The van der Waals surface area contributed by atoms with E-state index >= 15 is 0 Å². The SMILES string of the molecule is C[C@@H](c1ccc(-c2ccc(S(C)=O)cn2)cc1)N1CC[C@](CC(C)(C)O)(c2ccccc2)OC1=O. The molecular weight excluding hydrogens is 460 g/mol. The van der Waals surface area contributed by atoms with Gasteiger partial charge in [0.25, 0.3) is 0 Å². The summed E-state index contributed by atoms with van der Waals surface area (Å²) in [7, 11) is -1.06. The van der Waals surface area contributed by atoms with Gasteiger partial charge in [-0.15, -0.1) is 0 Å². The average Bonchev–Trinajstić information content (AvgIpc) is 2.83. The molecule has 0 bridgehead atoms. The number of ether oxygens (including phenoxy) is 1. The van der Waals surface area contributed by atoms with Crippen molar-refractivity contribution < 1.29 is 18.8 Å². The number of benzene rings is 2. The molecule has 1 aliphatic rings. The molecule has 0 aliphatic carbocycles.